The van der Waals surface area contributed by atoms with Gasteiger partial charge in [0, 0.05) is 41.0 Å². The molecule has 1 aromatic heterocycles. The lowest BCUT2D eigenvalue weighted by Gasteiger charge is -2.21. The third-order valence-corrected chi connectivity index (χ3v) is 5.45. The summed E-state index contributed by atoms with van der Waals surface area (Å²) >= 11 is 0. The number of methoxy groups -OCH3 is 1. The molecular formula is C26H28N2O3. The van der Waals surface area contributed by atoms with Crippen LogP contribution in [0.1, 0.15) is 22.7 Å². The van der Waals surface area contributed by atoms with Crippen LogP contribution in [0.15, 0.2) is 72.9 Å². The fourth-order valence-corrected chi connectivity index (χ4v) is 3.91. The molecule has 1 heterocycles. The summed E-state index contributed by atoms with van der Waals surface area (Å²) in [6, 6.07) is 22.6. The summed E-state index contributed by atoms with van der Waals surface area (Å²) in [6.45, 7) is 2.33. The van der Waals surface area contributed by atoms with Gasteiger partial charge in [-0.2, -0.15) is 0 Å². The summed E-state index contributed by atoms with van der Waals surface area (Å²) in [5.41, 5.74) is 5.79. The second-order valence-electron chi connectivity index (χ2n) is 7.59. The van der Waals surface area contributed by atoms with Gasteiger partial charge in [-0.1, -0.05) is 48.5 Å². The molecule has 3 N–H and O–H groups in total. The number of aliphatic hydroxyl groups is 1. The first-order chi connectivity index (χ1) is 15.2. The molecule has 0 bridgehead atoms. The van der Waals surface area contributed by atoms with Crippen LogP contribution in [-0.2, 0) is 6.42 Å². The standard InChI is InChI=1S/C26H28N2O3/c1-18-7-6-10-24-20(17-27-26(18)24)13-25(19-8-4-3-5-9-19)28-21-14-22(30-2)16-23(15-21)31-12-11-29/h3-10,14-17,25,27-29H,11-13H2,1-2H3. The topological polar surface area (TPSA) is 66.5 Å². The first kappa shape index (κ1) is 20.8. The van der Waals surface area contributed by atoms with Crippen molar-refractivity contribution >= 4 is 16.6 Å². The molecule has 0 aliphatic rings. The van der Waals surface area contributed by atoms with Crippen molar-refractivity contribution in [3.63, 3.8) is 0 Å². The van der Waals surface area contributed by atoms with Gasteiger partial charge in [-0.25, -0.2) is 0 Å². The molecule has 4 rings (SSSR count). The molecule has 0 radical (unpaired) electrons. The number of aliphatic hydroxyl groups excluding tert-OH is 1. The minimum atomic E-state index is -0.0351. The van der Waals surface area contributed by atoms with Gasteiger partial charge in [-0.15, -0.1) is 0 Å². The third kappa shape index (κ3) is 4.84. The number of anilines is 1. The Morgan fingerprint density at radius 2 is 1.81 bits per heavy atom. The summed E-state index contributed by atoms with van der Waals surface area (Å²) in [5.74, 6) is 1.36. The molecule has 5 nitrogen and oxygen atoms in total. The van der Waals surface area contributed by atoms with Crippen LogP contribution in [0.25, 0.3) is 10.9 Å². The fraction of sp³-hybridized carbons (Fsp3) is 0.231. The largest absolute Gasteiger partial charge is 0.497 e. The van der Waals surface area contributed by atoms with Gasteiger partial charge in [0.05, 0.1) is 19.8 Å². The third-order valence-electron chi connectivity index (χ3n) is 5.45. The van der Waals surface area contributed by atoms with Crippen LogP contribution < -0.4 is 14.8 Å². The van der Waals surface area contributed by atoms with Crippen molar-refractivity contribution in [3.8, 4) is 11.5 Å². The van der Waals surface area contributed by atoms with Gasteiger partial charge in [0.15, 0.2) is 0 Å². The van der Waals surface area contributed by atoms with Crippen LogP contribution in [-0.4, -0.2) is 30.4 Å². The molecule has 0 spiro atoms. The Morgan fingerprint density at radius 3 is 2.58 bits per heavy atom. The van der Waals surface area contributed by atoms with E-state index in [1.54, 1.807) is 7.11 Å². The van der Waals surface area contributed by atoms with E-state index in [1.807, 2.05) is 24.3 Å². The van der Waals surface area contributed by atoms with E-state index in [0.717, 1.165) is 12.1 Å². The summed E-state index contributed by atoms with van der Waals surface area (Å²) in [6.07, 6.45) is 2.92. The van der Waals surface area contributed by atoms with Gasteiger partial charge in [0.1, 0.15) is 18.1 Å². The average molecular weight is 417 g/mol. The lowest BCUT2D eigenvalue weighted by atomic mass is 9.97. The number of rotatable bonds is 9. The van der Waals surface area contributed by atoms with Crippen LogP contribution in [0, 0.1) is 6.92 Å². The number of aromatic amines is 1. The van der Waals surface area contributed by atoms with E-state index in [1.165, 1.54) is 27.6 Å². The van der Waals surface area contributed by atoms with Crippen LogP contribution in [0.5, 0.6) is 11.5 Å². The molecule has 0 saturated heterocycles. The maximum absolute atomic E-state index is 9.09. The number of hydrogen-bond donors (Lipinski definition) is 3. The fourth-order valence-electron chi connectivity index (χ4n) is 3.91. The highest BCUT2D eigenvalue weighted by Gasteiger charge is 2.16. The number of fused-ring (bicyclic) bond motifs is 1. The highest BCUT2D eigenvalue weighted by molar-refractivity contribution is 5.86. The zero-order valence-corrected chi connectivity index (χ0v) is 17.9. The lowest BCUT2D eigenvalue weighted by Crippen LogP contribution is -2.14. The molecule has 4 aromatic rings. The van der Waals surface area contributed by atoms with Crippen molar-refractivity contribution in [3.05, 3.63) is 89.6 Å². The van der Waals surface area contributed by atoms with Gasteiger partial charge in [-0.3, -0.25) is 0 Å². The molecule has 0 saturated carbocycles. The Morgan fingerprint density at radius 1 is 1.00 bits per heavy atom. The van der Waals surface area contributed by atoms with Crippen molar-refractivity contribution in [2.75, 3.05) is 25.6 Å². The second kappa shape index (κ2) is 9.58. The Balaban J connectivity index is 1.67. The highest BCUT2D eigenvalue weighted by atomic mass is 16.5. The minimum absolute atomic E-state index is 0.0351. The smallest absolute Gasteiger partial charge is 0.125 e. The number of H-pyrrole nitrogens is 1. The van der Waals surface area contributed by atoms with Gasteiger partial charge >= 0.3 is 0 Å². The van der Waals surface area contributed by atoms with E-state index in [-0.39, 0.29) is 19.3 Å². The molecule has 1 unspecified atom stereocenters. The zero-order chi connectivity index (χ0) is 21.6. The monoisotopic (exact) mass is 416 g/mol. The van der Waals surface area contributed by atoms with E-state index in [2.05, 4.69) is 65.9 Å². The quantitative estimate of drug-likeness (QED) is 0.349. The lowest BCUT2D eigenvalue weighted by molar-refractivity contribution is 0.201. The predicted molar refractivity (Wildman–Crippen MR) is 125 cm³/mol. The Bertz CT molecular complexity index is 1140. The van der Waals surface area contributed by atoms with Crippen molar-refractivity contribution in [1.82, 2.24) is 4.98 Å². The van der Waals surface area contributed by atoms with Crippen LogP contribution in [0.4, 0.5) is 5.69 Å². The van der Waals surface area contributed by atoms with E-state index in [9.17, 15) is 0 Å². The maximum atomic E-state index is 9.09. The highest BCUT2D eigenvalue weighted by Crippen LogP contribution is 2.32. The molecule has 0 aliphatic carbocycles. The van der Waals surface area contributed by atoms with Crippen LogP contribution in [0.2, 0.25) is 0 Å². The van der Waals surface area contributed by atoms with Gasteiger partial charge in [-0.05, 0) is 30.0 Å². The first-order valence-corrected chi connectivity index (χ1v) is 10.5. The van der Waals surface area contributed by atoms with Crippen molar-refractivity contribution in [2.45, 2.75) is 19.4 Å². The maximum Gasteiger partial charge on any atom is 0.125 e. The summed E-state index contributed by atoms with van der Waals surface area (Å²) in [5, 5.41) is 14.0. The number of aromatic nitrogens is 1. The normalized spacial score (nSPS) is 12.0. The molecule has 5 heteroatoms. The predicted octanol–water partition coefficient (Wildman–Crippen LogP) is 5.25. The van der Waals surface area contributed by atoms with Gasteiger partial charge in [0.2, 0.25) is 0 Å². The minimum Gasteiger partial charge on any atom is -0.497 e. The Kier molecular flexibility index (Phi) is 6.43. The summed E-state index contributed by atoms with van der Waals surface area (Å²) < 4.78 is 11.1. The zero-order valence-electron chi connectivity index (χ0n) is 17.9. The first-order valence-electron chi connectivity index (χ1n) is 10.5. The SMILES string of the molecule is COc1cc(NC(Cc2c[nH]c3c(C)cccc23)c2ccccc2)cc(OCCO)c1. The van der Waals surface area contributed by atoms with Crippen molar-refractivity contribution in [2.24, 2.45) is 0 Å². The number of benzene rings is 3. The molecular weight excluding hydrogens is 388 g/mol. The van der Waals surface area contributed by atoms with E-state index >= 15 is 0 Å². The summed E-state index contributed by atoms with van der Waals surface area (Å²) in [7, 11) is 1.64. The number of nitrogens with one attached hydrogen (secondary N) is 2. The number of para-hydroxylation sites is 1. The second-order valence-corrected chi connectivity index (χ2v) is 7.59. The number of aryl methyl sites for hydroxylation is 1. The van der Waals surface area contributed by atoms with Gasteiger partial charge in [0.25, 0.3) is 0 Å². The van der Waals surface area contributed by atoms with E-state index in [4.69, 9.17) is 14.6 Å². The molecule has 3 aromatic carbocycles. The molecule has 0 amide bonds. The van der Waals surface area contributed by atoms with Crippen molar-refractivity contribution < 1.29 is 14.6 Å². The van der Waals surface area contributed by atoms with Crippen molar-refractivity contribution in [1.29, 1.82) is 0 Å². The number of hydrogen-bond acceptors (Lipinski definition) is 4. The summed E-state index contributed by atoms with van der Waals surface area (Å²) in [4.78, 5) is 3.44. The molecule has 31 heavy (non-hydrogen) atoms. The molecule has 0 fully saturated rings. The van der Waals surface area contributed by atoms with Crippen LogP contribution in [0.3, 0.4) is 0 Å². The number of ether oxygens (including phenoxy) is 2. The van der Waals surface area contributed by atoms with Crippen LogP contribution >= 0.6 is 0 Å². The van der Waals surface area contributed by atoms with E-state index < -0.39 is 0 Å². The average Bonchev–Trinajstić information content (AvgIpc) is 3.22. The Labute approximate surface area is 182 Å². The van der Waals surface area contributed by atoms with E-state index in [0.29, 0.717) is 11.5 Å². The molecule has 0 aliphatic heterocycles. The molecule has 160 valence electrons. The van der Waals surface area contributed by atoms with Gasteiger partial charge < -0.3 is 24.9 Å². The molecule has 1 atom stereocenters. The Hall–Kier alpha value is -3.44.